The SMILES string of the molecule is CN(C1CCCCC1)S(=O)(=O)c1cccc(C(=O)NCCOCC(=O)O)c1. The summed E-state index contributed by atoms with van der Waals surface area (Å²) in [6.45, 7) is -0.247. The van der Waals surface area contributed by atoms with Crippen molar-refractivity contribution in [2.24, 2.45) is 0 Å². The van der Waals surface area contributed by atoms with Crippen LogP contribution in [0.4, 0.5) is 0 Å². The van der Waals surface area contributed by atoms with Gasteiger partial charge in [-0.1, -0.05) is 25.3 Å². The molecule has 1 amide bonds. The van der Waals surface area contributed by atoms with Gasteiger partial charge in [-0.15, -0.1) is 0 Å². The molecule has 0 bridgehead atoms. The lowest BCUT2D eigenvalue weighted by molar-refractivity contribution is -0.142. The molecule has 0 unspecified atom stereocenters. The fourth-order valence-corrected chi connectivity index (χ4v) is 4.57. The van der Waals surface area contributed by atoms with E-state index in [1.54, 1.807) is 7.05 Å². The summed E-state index contributed by atoms with van der Waals surface area (Å²) in [4.78, 5) is 22.6. The molecule has 9 heteroatoms. The predicted molar refractivity (Wildman–Crippen MR) is 99.1 cm³/mol. The third-order valence-corrected chi connectivity index (χ3v) is 6.53. The topological polar surface area (TPSA) is 113 Å². The summed E-state index contributed by atoms with van der Waals surface area (Å²) in [5, 5.41) is 11.1. The van der Waals surface area contributed by atoms with E-state index in [2.05, 4.69) is 5.32 Å². The molecule has 2 rings (SSSR count). The summed E-state index contributed by atoms with van der Waals surface area (Å²) in [7, 11) is -2.07. The average molecular weight is 398 g/mol. The van der Waals surface area contributed by atoms with E-state index in [-0.39, 0.29) is 29.7 Å². The molecule has 0 aromatic heterocycles. The van der Waals surface area contributed by atoms with Crippen molar-refractivity contribution in [3.05, 3.63) is 29.8 Å². The van der Waals surface area contributed by atoms with Crippen molar-refractivity contribution in [2.45, 2.75) is 43.0 Å². The quantitative estimate of drug-likeness (QED) is 0.609. The number of hydrogen-bond acceptors (Lipinski definition) is 5. The molecule has 1 fully saturated rings. The molecule has 1 aliphatic carbocycles. The minimum atomic E-state index is -3.67. The number of amides is 1. The van der Waals surface area contributed by atoms with E-state index in [0.717, 1.165) is 32.1 Å². The summed E-state index contributed by atoms with van der Waals surface area (Å²) in [5.41, 5.74) is 0.228. The molecule has 8 nitrogen and oxygen atoms in total. The van der Waals surface area contributed by atoms with E-state index in [1.165, 1.54) is 28.6 Å². The number of ether oxygens (including phenoxy) is 1. The Morgan fingerprint density at radius 2 is 1.96 bits per heavy atom. The molecule has 0 radical (unpaired) electrons. The van der Waals surface area contributed by atoms with Crippen LogP contribution >= 0.6 is 0 Å². The molecule has 0 heterocycles. The van der Waals surface area contributed by atoms with Gasteiger partial charge >= 0.3 is 5.97 Å². The van der Waals surface area contributed by atoms with Crippen molar-refractivity contribution < 1.29 is 27.9 Å². The zero-order valence-corrected chi connectivity index (χ0v) is 16.2. The first-order chi connectivity index (χ1) is 12.8. The first-order valence-corrected chi connectivity index (χ1v) is 10.4. The number of carbonyl (C=O) groups is 2. The lowest BCUT2D eigenvalue weighted by atomic mass is 9.96. The summed E-state index contributed by atoms with van der Waals surface area (Å²) >= 11 is 0. The van der Waals surface area contributed by atoms with E-state index in [0.29, 0.717) is 0 Å². The highest BCUT2D eigenvalue weighted by molar-refractivity contribution is 7.89. The van der Waals surface area contributed by atoms with Crippen LogP contribution in [-0.4, -0.2) is 62.6 Å². The Balaban J connectivity index is 2.00. The maximum Gasteiger partial charge on any atom is 0.329 e. The van der Waals surface area contributed by atoms with E-state index < -0.39 is 28.5 Å². The lowest BCUT2D eigenvalue weighted by Crippen LogP contribution is -2.38. The van der Waals surface area contributed by atoms with Gasteiger partial charge in [0.1, 0.15) is 6.61 Å². The van der Waals surface area contributed by atoms with Crippen LogP contribution in [0.2, 0.25) is 0 Å². The number of carboxylic acids is 1. The van der Waals surface area contributed by atoms with Gasteiger partial charge in [0.2, 0.25) is 10.0 Å². The molecule has 0 atom stereocenters. The second kappa shape index (κ2) is 9.82. The summed E-state index contributed by atoms with van der Waals surface area (Å²) in [6.07, 6.45) is 4.89. The van der Waals surface area contributed by atoms with E-state index in [4.69, 9.17) is 9.84 Å². The van der Waals surface area contributed by atoms with Crippen LogP contribution in [0.1, 0.15) is 42.5 Å². The van der Waals surface area contributed by atoms with Crippen molar-refractivity contribution in [1.82, 2.24) is 9.62 Å². The number of nitrogens with one attached hydrogen (secondary N) is 1. The maximum atomic E-state index is 12.9. The zero-order chi connectivity index (χ0) is 19.9. The second-order valence-electron chi connectivity index (χ2n) is 6.54. The smallest absolute Gasteiger partial charge is 0.329 e. The van der Waals surface area contributed by atoms with Gasteiger partial charge in [-0.25, -0.2) is 13.2 Å². The highest BCUT2D eigenvalue weighted by Gasteiger charge is 2.29. The van der Waals surface area contributed by atoms with Gasteiger partial charge in [-0.05, 0) is 31.0 Å². The monoisotopic (exact) mass is 398 g/mol. The fraction of sp³-hybridized carbons (Fsp3) is 0.556. The number of sulfonamides is 1. The predicted octanol–water partition coefficient (Wildman–Crippen LogP) is 1.47. The summed E-state index contributed by atoms with van der Waals surface area (Å²) in [5.74, 6) is -1.52. The van der Waals surface area contributed by atoms with Gasteiger partial charge in [-0.2, -0.15) is 4.31 Å². The van der Waals surface area contributed by atoms with Crippen LogP contribution in [0, 0.1) is 0 Å². The minimum Gasteiger partial charge on any atom is -0.480 e. The van der Waals surface area contributed by atoms with E-state index >= 15 is 0 Å². The maximum absolute atomic E-state index is 12.9. The Kier molecular flexibility index (Phi) is 7.76. The van der Waals surface area contributed by atoms with Gasteiger partial charge in [0.15, 0.2) is 0 Å². The van der Waals surface area contributed by atoms with Gasteiger partial charge in [0.25, 0.3) is 5.91 Å². The molecule has 1 saturated carbocycles. The van der Waals surface area contributed by atoms with Crippen LogP contribution in [0.3, 0.4) is 0 Å². The largest absolute Gasteiger partial charge is 0.480 e. The molecule has 2 N–H and O–H groups in total. The third kappa shape index (κ3) is 6.02. The number of benzene rings is 1. The highest BCUT2D eigenvalue weighted by atomic mass is 32.2. The van der Waals surface area contributed by atoms with Gasteiger partial charge in [0.05, 0.1) is 11.5 Å². The first-order valence-electron chi connectivity index (χ1n) is 8.98. The third-order valence-electron chi connectivity index (χ3n) is 4.62. The van der Waals surface area contributed by atoms with Crippen LogP contribution in [0.15, 0.2) is 29.2 Å². The number of nitrogens with zero attached hydrogens (tertiary/aromatic N) is 1. The van der Waals surface area contributed by atoms with Crippen molar-refractivity contribution >= 4 is 21.9 Å². The molecule has 1 aromatic rings. The summed E-state index contributed by atoms with van der Waals surface area (Å²) < 4.78 is 32.0. The summed E-state index contributed by atoms with van der Waals surface area (Å²) in [6, 6.07) is 5.92. The van der Waals surface area contributed by atoms with Gasteiger partial charge in [-0.3, -0.25) is 4.79 Å². The number of aliphatic carboxylic acids is 1. The molecule has 27 heavy (non-hydrogen) atoms. The van der Waals surface area contributed by atoms with E-state index in [9.17, 15) is 18.0 Å². The van der Waals surface area contributed by atoms with Crippen molar-refractivity contribution in [3.63, 3.8) is 0 Å². The lowest BCUT2D eigenvalue weighted by Gasteiger charge is -2.30. The Hall–Kier alpha value is -1.97. The van der Waals surface area contributed by atoms with Crippen molar-refractivity contribution in [3.8, 4) is 0 Å². The molecular formula is C18H26N2O6S. The van der Waals surface area contributed by atoms with Crippen LogP contribution in [0.25, 0.3) is 0 Å². The number of carbonyl (C=O) groups excluding carboxylic acids is 1. The molecule has 0 spiro atoms. The zero-order valence-electron chi connectivity index (χ0n) is 15.4. The molecule has 1 aromatic carbocycles. The number of carboxylic acid groups (broad SMARTS) is 1. The van der Waals surface area contributed by atoms with Gasteiger partial charge < -0.3 is 15.2 Å². The van der Waals surface area contributed by atoms with Crippen LogP contribution < -0.4 is 5.32 Å². The normalized spacial score (nSPS) is 15.6. The standard InChI is InChI=1S/C18H26N2O6S/c1-20(15-7-3-2-4-8-15)27(24,25)16-9-5-6-14(12-16)18(23)19-10-11-26-13-17(21)22/h5-6,9,12,15H,2-4,7-8,10-11,13H2,1H3,(H,19,23)(H,21,22). The van der Waals surface area contributed by atoms with Crippen LogP contribution in [0.5, 0.6) is 0 Å². The molecule has 1 aliphatic rings. The minimum absolute atomic E-state index is 0.00684. The number of rotatable bonds is 9. The molecule has 150 valence electrons. The van der Waals surface area contributed by atoms with Gasteiger partial charge in [0, 0.05) is 25.2 Å². The van der Waals surface area contributed by atoms with E-state index in [1.807, 2.05) is 0 Å². The Morgan fingerprint density at radius 3 is 2.63 bits per heavy atom. The first kappa shape index (κ1) is 21.3. The Labute approximate surface area is 159 Å². The highest BCUT2D eigenvalue weighted by Crippen LogP contribution is 2.26. The second-order valence-corrected chi connectivity index (χ2v) is 8.54. The molecule has 0 saturated heterocycles. The number of hydrogen-bond donors (Lipinski definition) is 2. The molecular weight excluding hydrogens is 372 g/mol. The van der Waals surface area contributed by atoms with Crippen LogP contribution in [-0.2, 0) is 19.6 Å². The average Bonchev–Trinajstić information content (AvgIpc) is 2.67. The Bertz CT molecular complexity index is 759. The molecule has 0 aliphatic heterocycles. The Morgan fingerprint density at radius 1 is 1.26 bits per heavy atom. The van der Waals surface area contributed by atoms with Crippen molar-refractivity contribution in [1.29, 1.82) is 0 Å². The fourth-order valence-electron chi connectivity index (χ4n) is 3.10. The van der Waals surface area contributed by atoms with Crippen molar-refractivity contribution in [2.75, 3.05) is 26.8 Å².